The van der Waals surface area contributed by atoms with Crippen molar-refractivity contribution in [3.63, 3.8) is 0 Å². The molecule has 0 saturated heterocycles. The highest BCUT2D eigenvalue weighted by Crippen LogP contribution is 2.36. The van der Waals surface area contributed by atoms with Crippen LogP contribution in [0.5, 0.6) is 5.75 Å². The highest BCUT2D eigenvalue weighted by Gasteiger charge is 2.31. The molecule has 0 spiro atoms. The standard InChI is InChI=1S/C36H33F3N2O4S2/c37-36(38,39)29-14-10-26(11-15-29)33-23-46-35(40-33)27-12-18-32(19-13-27)47(43,44)41-30-16-7-24(8-17-30)20-25-6-9-28(21-25)34(42)22-45-31-4-2-1-3-5-31/h1-5,7-8,10-19,23,25,28,34,41-42H,6,9,20-22H2/t25-,28-,34+/m0/s1. The Hall–Kier alpha value is -4.19. The van der Waals surface area contributed by atoms with Gasteiger partial charge in [0.1, 0.15) is 17.4 Å². The molecule has 6 rings (SSSR count). The number of sulfonamides is 1. The number of aliphatic hydroxyl groups is 1. The Labute approximate surface area is 276 Å². The number of thiazole rings is 1. The van der Waals surface area contributed by atoms with Gasteiger partial charge in [0.2, 0.25) is 0 Å². The van der Waals surface area contributed by atoms with E-state index in [-0.39, 0.29) is 17.4 Å². The first kappa shape index (κ1) is 32.7. The molecule has 6 nitrogen and oxygen atoms in total. The molecular formula is C36H33F3N2O4S2. The molecule has 1 aliphatic rings. The quantitative estimate of drug-likeness (QED) is 0.146. The summed E-state index contributed by atoms with van der Waals surface area (Å²) in [6, 6.07) is 28.0. The molecule has 1 aromatic heterocycles. The smallest absolute Gasteiger partial charge is 0.416 e. The molecule has 3 atom stereocenters. The summed E-state index contributed by atoms with van der Waals surface area (Å²) < 4.78 is 73.2. The molecule has 0 bridgehead atoms. The van der Waals surface area contributed by atoms with Crippen LogP contribution in [0, 0.1) is 11.8 Å². The number of aromatic nitrogens is 1. The maximum Gasteiger partial charge on any atom is 0.416 e. The predicted octanol–water partition coefficient (Wildman–Crippen LogP) is 8.70. The number of anilines is 1. The van der Waals surface area contributed by atoms with Crippen LogP contribution in [0.1, 0.15) is 30.4 Å². The molecule has 47 heavy (non-hydrogen) atoms. The summed E-state index contributed by atoms with van der Waals surface area (Å²) in [6.45, 7) is 0.275. The zero-order valence-electron chi connectivity index (χ0n) is 25.2. The number of hydrogen-bond donors (Lipinski definition) is 2. The van der Waals surface area contributed by atoms with Gasteiger partial charge in [-0.25, -0.2) is 13.4 Å². The number of ether oxygens (including phenoxy) is 1. The van der Waals surface area contributed by atoms with Gasteiger partial charge in [-0.15, -0.1) is 11.3 Å². The third-order valence-electron chi connectivity index (χ3n) is 8.44. The topological polar surface area (TPSA) is 88.5 Å². The number of nitrogens with one attached hydrogen (secondary N) is 1. The average Bonchev–Trinajstić information content (AvgIpc) is 3.76. The second-order valence-corrected chi connectivity index (χ2v) is 14.3. The highest BCUT2D eigenvalue weighted by atomic mass is 32.2. The van der Waals surface area contributed by atoms with E-state index in [0.717, 1.165) is 49.1 Å². The van der Waals surface area contributed by atoms with Crippen LogP contribution in [0.4, 0.5) is 18.9 Å². The van der Waals surface area contributed by atoms with Gasteiger partial charge in [0.25, 0.3) is 10.0 Å². The SMILES string of the molecule is O=S(=O)(Nc1ccc(C[C@@H]2CC[C@H]([C@H](O)COc3ccccc3)C2)cc1)c1ccc(-c2nc(-c3ccc(C(F)(F)F)cc3)cs2)cc1. The lowest BCUT2D eigenvalue weighted by Gasteiger charge is -2.19. The van der Waals surface area contributed by atoms with Crippen molar-refractivity contribution in [2.45, 2.75) is 42.9 Å². The number of benzene rings is 4. The minimum Gasteiger partial charge on any atom is -0.491 e. The van der Waals surface area contributed by atoms with E-state index in [1.807, 2.05) is 42.5 Å². The second-order valence-electron chi connectivity index (χ2n) is 11.8. The zero-order chi connectivity index (χ0) is 33.0. The molecule has 11 heteroatoms. The van der Waals surface area contributed by atoms with Gasteiger partial charge in [-0.1, -0.05) is 54.6 Å². The van der Waals surface area contributed by atoms with Crippen LogP contribution in [-0.4, -0.2) is 31.2 Å². The molecule has 1 aliphatic carbocycles. The van der Waals surface area contributed by atoms with Crippen LogP contribution in [0.2, 0.25) is 0 Å². The van der Waals surface area contributed by atoms with E-state index >= 15 is 0 Å². The fourth-order valence-electron chi connectivity index (χ4n) is 5.88. The zero-order valence-corrected chi connectivity index (χ0v) is 26.9. The van der Waals surface area contributed by atoms with Crippen LogP contribution in [0.15, 0.2) is 113 Å². The first-order chi connectivity index (χ1) is 22.5. The molecule has 2 N–H and O–H groups in total. The molecule has 1 heterocycles. The third-order valence-corrected chi connectivity index (χ3v) is 10.7. The van der Waals surface area contributed by atoms with Crippen molar-refractivity contribution >= 4 is 27.0 Å². The molecule has 0 unspecified atom stereocenters. The van der Waals surface area contributed by atoms with E-state index < -0.39 is 27.9 Å². The Kier molecular flexibility index (Phi) is 9.67. The Morgan fingerprint density at radius 3 is 2.26 bits per heavy atom. The van der Waals surface area contributed by atoms with Crippen molar-refractivity contribution in [3.05, 3.63) is 120 Å². The van der Waals surface area contributed by atoms with Crippen molar-refractivity contribution < 1.29 is 31.4 Å². The summed E-state index contributed by atoms with van der Waals surface area (Å²) in [5.41, 5.74) is 2.64. The summed E-state index contributed by atoms with van der Waals surface area (Å²) in [7, 11) is -3.84. The number of alkyl halides is 3. The molecule has 4 aromatic carbocycles. The summed E-state index contributed by atoms with van der Waals surface area (Å²) >= 11 is 1.32. The number of rotatable bonds is 11. The molecule has 244 valence electrons. The van der Waals surface area contributed by atoms with E-state index in [0.29, 0.717) is 33.4 Å². The van der Waals surface area contributed by atoms with Gasteiger partial charge in [0.15, 0.2) is 0 Å². The fourth-order valence-corrected chi connectivity index (χ4v) is 7.78. The van der Waals surface area contributed by atoms with Gasteiger partial charge >= 0.3 is 6.18 Å². The van der Waals surface area contributed by atoms with Crippen LogP contribution in [-0.2, 0) is 22.6 Å². The number of nitrogens with zero attached hydrogens (tertiary/aromatic N) is 1. The molecule has 0 aliphatic heterocycles. The average molecular weight is 679 g/mol. The van der Waals surface area contributed by atoms with Crippen LogP contribution < -0.4 is 9.46 Å². The maximum absolute atomic E-state index is 13.1. The number of para-hydroxylation sites is 1. The van der Waals surface area contributed by atoms with E-state index in [1.165, 1.54) is 35.6 Å². The lowest BCUT2D eigenvalue weighted by molar-refractivity contribution is -0.137. The van der Waals surface area contributed by atoms with Crippen molar-refractivity contribution in [2.75, 3.05) is 11.3 Å². The van der Waals surface area contributed by atoms with Crippen LogP contribution >= 0.6 is 11.3 Å². The minimum atomic E-state index is -4.41. The van der Waals surface area contributed by atoms with Gasteiger partial charge < -0.3 is 9.84 Å². The minimum absolute atomic E-state index is 0.0941. The maximum atomic E-state index is 13.1. The Morgan fingerprint density at radius 1 is 0.894 bits per heavy atom. The lowest BCUT2D eigenvalue weighted by atomic mass is 9.95. The Bertz CT molecular complexity index is 1880. The molecule has 1 fully saturated rings. The van der Waals surface area contributed by atoms with Gasteiger partial charge in [-0.3, -0.25) is 4.72 Å². The van der Waals surface area contributed by atoms with Gasteiger partial charge in [0, 0.05) is 22.2 Å². The summed E-state index contributed by atoms with van der Waals surface area (Å²) in [5.74, 6) is 1.38. The summed E-state index contributed by atoms with van der Waals surface area (Å²) in [4.78, 5) is 4.63. The number of halogens is 3. The van der Waals surface area contributed by atoms with E-state index in [4.69, 9.17) is 4.74 Å². The van der Waals surface area contributed by atoms with Crippen molar-refractivity contribution in [2.24, 2.45) is 11.8 Å². The van der Waals surface area contributed by atoms with Crippen LogP contribution in [0.25, 0.3) is 21.8 Å². The number of aliphatic hydroxyl groups excluding tert-OH is 1. The van der Waals surface area contributed by atoms with Crippen molar-refractivity contribution in [1.29, 1.82) is 0 Å². The first-order valence-electron chi connectivity index (χ1n) is 15.2. The number of hydrogen-bond acceptors (Lipinski definition) is 6. The molecule has 0 amide bonds. The van der Waals surface area contributed by atoms with Crippen molar-refractivity contribution in [3.8, 4) is 27.6 Å². The fraction of sp³-hybridized carbons (Fsp3) is 0.250. The van der Waals surface area contributed by atoms with E-state index in [9.17, 15) is 26.7 Å². The van der Waals surface area contributed by atoms with Crippen LogP contribution in [0.3, 0.4) is 0 Å². The first-order valence-corrected chi connectivity index (χ1v) is 17.6. The molecule has 0 radical (unpaired) electrons. The monoisotopic (exact) mass is 678 g/mol. The third kappa shape index (κ3) is 8.22. The van der Waals surface area contributed by atoms with Gasteiger partial charge in [-0.2, -0.15) is 13.2 Å². The lowest BCUT2D eigenvalue weighted by Crippen LogP contribution is -2.25. The molecule has 1 saturated carbocycles. The Morgan fingerprint density at radius 2 is 1.57 bits per heavy atom. The Balaban J connectivity index is 1.01. The summed E-state index contributed by atoms with van der Waals surface area (Å²) in [5, 5.41) is 13.0. The molecular weight excluding hydrogens is 646 g/mol. The summed E-state index contributed by atoms with van der Waals surface area (Å²) in [6.07, 6.45) is -1.18. The second kappa shape index (κ2) is 13.9. The molecule has 5 aromatic rings. The van der Waals surface area contributed by atoms with E-state index in [1.54, 1.807) is 29.6 Å². The van der Waals surface area contributed by atoms with E-state index in [2.05, 4.69) is 9.71 Å². The van der Waals surface area contributed by atoms with Gasteiger partial charge in [-0.05, 0) is 91.6 Å². The normalized spacial score (nSPS) is 17.4. The predicted molar refractivity (Wildman–Crippen MR) is 178 cm³/mol. The highest BCUT2D eigenvalue weighted by molar-refractivity contribution is 7.92. The van der Waals surface area contributed by atoms with Gasteiger partial charge in [0.05, 0.1) is 22.3 Å². The largest absolute Gasteiger partial charge is 0.491 e. The van der Waals surface area contributed by atoms with Crippen molar-refractivity contribution in [1.82, 2.24) is 4.98 Å².